The number of unbranched alkanes of at least 4 members (excludes halogenated alkanes) is 2. The summed E-state index contributed by atoms with van der Waals surface area (Å²) in [6, 6.07) is 0. The zero-order valence-corrected chi connectivity index (χ0v) is 14.9. The standard InChI is InChI=1S/2C4H10N.2HI.Pt/c2*1-2-3-4-5;;;/h2*5H,2-4H2,1H3;2*1H;/q2*-1;;;+4/p-2. The first-order chi connectivity index (χ1) is 6.24. The number of nitrogens with one attached hydrogen (secondary N) is 2. The minimum atomic E-state index is 0.523. The summed E-state index contributed by atoms with van der Waals surface area (Å²) in [6.07, 6.45) is 4.42. The van der Waals surface area contributed by atoms with E-state index in [0.29, 0.717) is 24.3 Å². The molecule has 0 bridgehead atoms. The van der Waals surface area contributed by atoms with E-state index in [-0.39, 0.29) is 0 Å². The van der Waals surface area contributed by atoms with E-state index >= 15 is 0 Å². The van der Waals surface area contributed by atoms with Crippen molar-refractivity contribution in [3.63, 3.8) is 0 Å². The van der Waals surface area contributed by atoms with Crippen molar-refractivity contribution in [2.24, 2.45) is 0 Å². The van der Waals surface area contributed by atoms with Gasteiger partial charge in [-0.25, -0.2) is 0 Å². The van der Waals surface area contributed by atoms with Crippen LogP contribution in [0.25, 0.3) is 11.5 Å². The molecule has 0 aromatic heterocycles. The van der Waals surface area contributed by atoms with Gasteiger partial charge in [0, 0.05) is 0 Å². The Kier molecular flexibility index (Phi) is 46.0. The SMILES string of the molecule is CCCC[NH-].CCCC[NH-].[I][Pt+2][I]. The fourth-order valence-corrected chi connectivity index (χ4v) is 0.354. The summed E-state index contributed by atoms with van der Waals surface area (Å²) in [5.74, 6) is 0. The summed E-state index contributed by atoms with van der Waals surface area (Å²) < 4.78 is 0. The molecule has 13 heavy (non-hydrogen) atoms. The van der Waals surface area contributed by atoms with Crippen LogP contribution in [0.5, 0.6) is 0 Å². The Morgan fingerprint density at radius 3 is 1.15 bits per heavy atom. The van der Waals surface area contributed by atoms with E-state index in [0.717, 1.165) is 25.7 Å². The van der Waals surface area contributed by atoms with Gasteiger partial charge in [0.1, 0.15) is 0 Å². The van der Waals surface area contributed by atoms with Crippen LogP contribution in [0, 0.1) is 0 Å². The second-order valence-electron chi connectivity index (χ2n) is 2.25. The van der Waals surface area contributed by atoms with Gasteiger partial charge >= 0.3 is 49.9 Å². The number of halogens is 2. The van der Waals surface area contributed by atoms with Gasteiger partial charge in [-0.15, -0.1) is 0 Å². The van der Waals surface area contributed by atoms with Gasteiger partial charge in [0.25, 0.3) is 0 Å². The third-order valence-corrected chi connectivity index (χ3v) is 1.06. The van der Waals surface area contributed by atoms with Crippen LogP contribution in [0.2, 0.25) is 0 Å². The summed E-state index contributed by atoms with van der Waals surface area (Å²) >= 11 is 5.30. The van der Waals surface area contributed by atoms with E-state index in [9.17, 15) is 0 Å². The Bertz CT molecular complexity index is 49.4. The number of hydrogen-bond acceptors (Lipinski definition) is 0. The molecule has 2 nitrogen and oxygen atoms in total. The summed E-state index contributed by atoms with van der Waals surface area (Å²) in [5, 5.41) is 0. The van der Waals surface area contributed by atoms with Gasteiger partial charge in [0.05, 0.1) is 0 Å². The molecule has 86 valence electrons. The molecule has 0 saturated carbocycles. The van der Waals surface area contributed by atoms with Crippen molar-refractivity contribution in [1.29, 1.82) is 0 Å². The number of hydrogen-bond donors (Lipinski definition) is 0. The van der Waals surface area contributed by atoms with Crippen molar-refractivity contribution in [2.45, 2.75) is 39.5 Å². The molecule has 0 amide bonds. The van der Waals surface area contributed by atoms with Crippen molar-refractivity contribution in [3.8, 4) is 0 Å². The predicted octanol–water partition coefficient (Wildman–Crippen LogP) is 5.45. The first-order valence-corrected chi connectivity index (χ1v) is 17.2. The van der Waals surface area contributed by atoms with E-state index in [1.807, 2.05) is 0 Å². The molecule has 0 aromatic carbocycles. The van der Waals surface area contributed by atoms with Crippen molar-refractivity contribution in [3.05, 3.63) is 11.5 Å². The Hall–Kier alpha value is 2.07. The van der Waals surface area contributed by atoms with Crippen molar-refractivity contribution in [1.82, 2.24) is 0 Å². The molecule has 0 aromatic rings. The Labute approximate surface area is 113 Å². The molecule has 0 unspecified atom stereocenters. The van der Waals surface area contributed by atoms with E-state index in [1.165, 1.54) is 0 Å². The fourth-order valence-electron chi connectivity index (χ4n) is 0.354. The minimum absolute atomic E-state index is 0.523. The second-order valence-corrected chi connectivity index (χ2v) is 18.8. The zero-order valence-electron chi connectivity index (χ0n) is 8.31. The normalized spacial score (nSPS) is 8.15. The molecular weight excluding hydrogens is 573 g/mol. The van der Waals surface area contributed by atoms with Crippen LogP contribution >= 0.6 is 38.7 Å². The topological polar surface area (TPSA) is 47.6 Å². The van der Waals surface area contributed by atoms with E-state index in [2.05, 4.69) is 52.6 Å². The van der Waals surface area contributed by atoms with E-state index in [4.69, 9.17) is 11.5 Å². The fraction of sp³-hybridized carbons (Fsp3) is 1.00. The van der Waals surface area contributed by atoms with Crippen molar-refractivity contribution >= 4 is 38.7 Å². The third-order valence-electron chi connectivity index (χ3n) is 1.06. The third kappa shape index (κ3) is 55.6. The molecule has 0 heterocycles. The summed E-state index contributed by atoms with van der Waals surface area (Å²) in [4.78, 5) is 0. The van der Waals surface area contributed by atoms with Crippen molar-refractivity contribution < 1.29 is 11.2 Å². The first-order valence-electron chi connectivity index (χ1n) is 4.36. The van der Waals surface area contributed by atoms with Crippen molar-refractivity contribution in [2.75, 3.05) is 13.1 Å². The van der Waals surface area contributed by atoms with Gasteiger partial charge in [-0.2, -0.15) is 13.1 Å². The molecule has 0 atom stereocenters. The maximum absolute atomic E-state index is 6.60. The molecule has 5 heteroatoms. The van der Waals surface area contributed by atoms with Gasteiger partial charge < -0.3 is 11.5 Å². The van der Waals surface area contributed by atoms with Gasteiger partial charge in [0.2, 0.25) is 0 Å². The zero-order chi connectivity index (χ0) is 10.9. The van der Waals surface area contributed by atoms with Gasteiger partial charge in [0.15, 0.2) is 0 Å². The van der Waals surface area contributed by atoms with Gasteiger partial charge in [-0.1, -0.05) is 39.5 Å². The van der Waals surface area contributed by atoms with Crippen LogP contribution in [0.15, 0.2) is 0 Å². The Morgan fingerprint density at radius 2 is 1.15 bits per heavy atom. The van der Waals surface area contributed by atoms with Crippen LogP contribution in [0.3, 0.4) is 0 Å². The summed E-state index contributed by atoms with van der Waals surface area (Å²) in [5.41, 5.74) is 13.2. The number of rotatable bonds is 4. The average molecular weight is 593 g/mol. The molecular formula is C8H20I2N2Pt. The van der Waals surface area contributed by atoms with Crippen LogP contribution < -0.4 is 0 Å². The average Bonchev–Trinajstić information content (AvgIpc) is 2.09. The molecule has 0 aliphatic carbocycles. The Balaban J connectivity index is -0.000000120. The molecule has 0 fully saturated rings. The first kappa shape index (κ1) is 20.5. The molecule has 0 saturated heterocycles. The van der Waals surface area contributed by atoms with Crippen LogP contribution in [0.4, 0.5) is 0 Å². The summed E-state index contributed by atoms with van der Waals surface area (Å²) in [6.45, 7) is 5.37. The van der Waals surface area contributed by atoms with Gasteiger partial charge in [-0.05, 0) is 0 Å². The second kappa shape index (κ2) is 29.2. The molecule has 0 spiro atoms. The quantitative estimate of drug-likeness (QED) is 0.390. The van der Waals surface area contributed by atoms with E-state index in [1.54, 1.807) is 0 Å². The van der Waals surface area contributed by atoms with Gasteiger partial charge in [-0.3, -0.25) is 0 Å². The molecule has 0 aliphatic rings. The van der Waals surface area contributed by atoms with Crippen LogP contribution in [-0.2, 0) is 11.2 Å². The monoisotopic (exact) mass is 593 g/mol. The molecule has 0 aliphatic heterocycles. The predicted molar refractivity (Wildman–Crippen MR) is 76.2 cm³/mol. The van der Waals surface area contributed by atoms with Crippen LogP contribution in [-0.4, -0.2) is 13.1 Å². The maximum atomic E-state index is 6.60. The Morgan fingerprint density at radius 1 is 0.923 bits per heavy atom. The van der Waals surface area contributed by atoms with E-state index < -0.39 is 0 Å². The molecule has 2 N–H and O–H groups in total. The van der Waals surface area contributed by atoms with Crippen LogP contribution in [0.1, 0.15) is 39.5 Å². The summed E-state index contributed by atoms with van der Waals surface area (Å²) in [7, 11) is 0. The molecule has 0 rings (SSSR count). The molecule has 0 radical (unpaired) electrons.